The van der Waals surface area contributed by atoms with E-state index in [-0.39, 0.29) is 12.4 Å². The highest BCUT2D eigenvalue weighted by atomic mass is 32.1. The highest BCUT2D eigenvalue weighted by molar-refractivity contribution is 7.09. The molecule has 0 bridgehead atoms. The standard InChI is InChI=1S/C15H25N3O2S.CH2O2/c1-12-11-21-14(16-12)10-17(3)15(19)5-4-13(2)18-6-8-20-9-7-18;2-1-3/h11,13H,4-10H2,1-3H3;1H,(H,2,3). The third kappa shape index (κ3) is 7.37. The number of amides is 1. The van der Waals surface area contributed by atoms with Gasteiger partial charge in [0, 0.05) is 43.7 Å². The van der Waals surface area contributed by atoms with Crippen molar-refractivity contribution in [3.63, 3.8) is 0 Å². The Morgan fingerprint density at radius 3 is 2.71 bits per heavy atom. The summed E-state index contributed by atoms with van der Waals surface area (Å²) in [5, 5.41) is 9.92. The van der Waals surface area contributed by atoms with Gasteiger partial charge in [-0.15, -0.1) is 11.3 Å². The van der Waals surface area contributed by atoms with Gasteiger partial charge in [0.15, 0.2) is 0 Å². The minimum Gasteiger partial charge on any atom is -0.483 e. The summed E-state index contributed by atoms with van der Waals surface area (Å²) in [6.45, 7) is 8.11. The van der Waals surface area contributed by atoms with E-state index in [1.807, 2.05) is 19.4 Å². The van der Waals surface area contributed by atoms with Crippen LogP contribution in [-0.2, 0) is 20.9 Å². The van der Waals surface area contributed by atoms with Gasteiger partial charge >= 0.3 is 0 Å². The van der Waals surface area contributed by atoms with Crippen molar-refractivity contribution < 1.29 is 19.4 Å². The van der Waals surface area contributed by atoms with Crippen LogP contribution in [0.4, 0.5) is 0 Å². The van der Waals surface area contributed by atoms with Crippen molar-refractivity contribution in [1.82, 2.24) is 14.8 Å². The Hall–Kier alpha value is -1.51. The molecule has 1 saturated heterocycles. The fourth-order valence-electron chi connectivity index (χ4n) is 2.49. The Morgan fingerprint density at radius 1 is 1.54 bits per heavy atom. The van der Waals surface area contributed by atoms with Crippen molar-refractivity contribution in [2.75, 3.05) is 33.4 Å². The zero-order valence-electron chi connectivity index (χ0n) is 14.6. The second-order valence-electron chi connectivity index (χ2n) is 5.77. The van der Waals surface area contributed by atoms with E-state index in [1.165, 1.54) is 0 Å². The van der Waals surface area contributed by atoms with Gasteiger partial charge in [0.25, 0.3) is 6.47 Å². The quantitative estimate of drug-likeness (QED) is 0.779. The summed E-state index contributed by atoms with van der Waals surface area (Å²) in [6.07, 6.45) is 1.50. The fraction of sp³-hybridized carbons (Fsp3) is 0.688. The number of ether oxygens (including phenoxy) is 1. The molecule has 8 heteroatoms. The summed E-state index contributed by atoms with van der Waals surface area (Å²) in [4.78, 5) is 29.2. The van der Waals surface area contributed by atoms with Gasteiger partial charge in [-0.05, 0) is 20.3 Å². The zero-order chi connectivity index (χ0) is 17.9. The van der Waals surface area contributed by atoms with Crippen LogP contribution in [0.1, 0.15) is 30.5 Å². The van der Waals surface area contributed by atoms with Gasteiger partial charge < -0.3 is 14.7 Å². The molecule has 1 atom stereocenters. The van der Waals surface area contributed by atoms with Crippen LogP contribution in [0.15, 0.2) is 5.38 Å². The summed E-state index contributed by atoms with van der Waals surface area (Å²) in [7, 11) is 1.86. The molecule has 1 fully saturated rings. The Kier molecular flexibility index (Phi) is 9.51. The topological polar surface area (TPSA) is 83.0 Å². The van der Waals surface area contributed by atoms with Gasteiger partial charge in [-0.3, -0.25) is 14.5 Å². The normalized spacial score (nSPS) is 16.0. The summed E-state index contributed by atoms with van der Waals surface area (Å²) in [5.41, 5.74) is 1.02. The van der Waals surface area contributed by atoms with Crippen LogP contribution in [0.2, 0.25) is 0 Å². The third-order valence-electron chi connectivity index (χ3n) is 3.91. The van der Waals surface area contributed by atoms with Crippen LogP contribution in [0.5, 0.6) is 0 Å². The molecular formula is C16H27N3O4S. The first-order chi connectivity index (χ1) is 11.5. The van der Waals surface area contributed by atoms with Gasteiger partial charge in [-0.25, -0.2) is 4.98 Å². The fourth-order valence-corrected chi connectivity index (χ4v) is 3.31. The molecule has 1 aromatic heterocycles. The number of carboxylic acid groups (broad SMARTS) is 1. The van der Waals surface area contributed by atoms with Crippen LogP contribution >= 0.6 is 11.3 Å². The predicted molar refractivity (Wildman–Crippen MR) is 93.1 cm³/mol. The van der Waals surface area contributed by atoms with E-state index < -0.39 is 0 Å². The summed E-state index contributed by atoms with van der Waals surface area (Å²) >= 11 is 1.62. The molecule has 136 valence electrons. The zero-order valence-corrected chi connectivity index (χ0v) is 15.4. The Bertz CT molecular complexity index is 503. The van der Waals surface area contributed by atoms with Crippen molar-refractivity contribution in [1.29, 1.82) is 0 Å². The van der Waals surface area contributed by atoms with E-state index in [9.17, 15) is 4.79 Å². The first kappa shape index (κ1) is 20.5. The molecule has 1 N–H and O–H groups in total. The third-order valence-corrected chi connectivity index (χ3v) is 4.86. The van der Waals surface area contributed by atoms with E-state index in [2.05, 4.69) is 16.8 Å². The van der Waals surface area contributed by atoms with Crippen molar-refractivity contribution in [2.45, 2.75) is 39.3 Å². The number of carbonyl (C=O) groups excluding carboxylic acids is 1. The van der Waals surface area contributed by atoms with Crippen LogP contribution < -0.4 is 0 Å². The van der Waals surface area contributed by atoms with Gasteiger partial charge in [-0.1, -0.05) is 0 Å². The minimum absolute atomic E-state index is 0.197. The number of carbonyl (C=O) groups is 2. The Morgan fingerprint density at radius 2 is 2.17 bits per heavy atom. The lowest BCUT2D eigenvalue weighted by Gasteiger charge is -2.32. The first-order valence-electron chi connectivity index (χ1n) is 8.02. The largest absolute Gasteiger partial charge is 0.483 e. The average Bonchev–Trinajstić information content (AvgIpc) is 2.98. The maximum atomic E-state index is 12.2. The van der Waals surface area contributed by atoms with Crippen molar-refractivity contribution in [3.8, 4) is 0 Å². The number of rotatable bonds is 6. The molecule has 0 radical (unpaired) electrons. The SMILES string of the molecule is Cc1csc(CN(C)C(=O)CCC(C)N2CCOCC2)n1.O=CO. The van der Waals surface area contributed by atoms with Gasteiger partial charge in [-0.2, -0.15) is 0 Å². The maximum absolute atomic E-state index is 12.2. The molecule has 2 rings (SSSR count). The molecular weight excluding hydrogens is 330 g/mol. The molecule has 24 heavy (non-hydrogen) atoms. The monoisotopic (exact) mass is 357 g/mol. The molecule has 1 amide bonds. The molecule has 1 aliphatic rings. The van der Waals surface area contributed by atoms with Gasteiger partial charge in [0.05, 0.1) is 19.8 Å². The lowest BCUT2D eigenvalue weighted by Crippen LogP contribution is -2.42. The number of hydrogen-bond donors (Lipinski definition) is 1. The lowest BCUT2D eigenvalue weighted by molar-refractivity contribution is -0.131. The maximum Gasteiger partial charge on any atom is 0.290 e. The molecule has 0 aliphatic carbocycles. The van der Waals surface area contributed by atoms with Crippen LogP contribution in [0.25, 0.3) is 0 Å². The van der Waals surface area contributed by atoms with Crippen molar-refractivity contribution >= 4 is 23.7 Å². The Balaban J connectivity index is 0.000000891. The van der Waals surface area contributed by atoms with Gasteiger partial charge in [0.2, 0.25) is 5.91 Å². The lowest BCUT2D eigenvalue weighted by atomic mass is 10.1. The van der Waals surface area contributed by atoms with Crippen LogP contribution in [-0.4, -0.2) is 71.7 Å². The number of thiazole rings is 1. The number of nitrogens with zero attached hydrogens (tertiary/aromatic N) is 3. The Labute approximate surface area is 147 Å². The molecule has 2 heterocycles. The number of aromatic nitrogens is 1. The molecule has 1 aromatic rings. The second-order valence-corrected chi connectivity index (χ2v) is 6.72. The average molecular weight is 357 g/mol. The molecule has 7 nitrogen and oxygen atoms in total. The van der Waals surface area contributed by atoms with Crippen LogP contribution in [0, 0.1) is 6.92 Å². The van der Waals surface area contributed by atoms with Gasteiger partial charge in [0.1, 0.15) is 5.01 Å². The first-order valence-corrected chi connectivity index (χ1v) is 8.90. The highest BCUT2D eigenvalue weighted by Gasteiger charge is 2.19. The van der Waals surface area contributed by atoms with E-state index in [4.69, 9.17) is 14.6 Å². The van der Waals surface area contributed by atoms with E-state index in [0.717, 1.165) is 43.4 Å². The van der Waals surface area contributed by atoms with Crippen molar-refractivity contribution in [3.05, 3.63) is 16.1 Å². The number of hydrogen-bond acceptors (Lipinski definition) is 6. The second kappa shape index (κ2) is 11.1. The van der Waals surface area contributed by atoms with E-state index in [1.54, 1.807) is 16.2 Å². The van der Waals surface area contributed by atoms with E-state index >= 15 is 0 Å². The molecule has 1 aliphatic heterocycles. The molecule has 0 spiro atoms. The highest BCUT2D eigenvalue weighted by Crippen LogP contribution is 2.13. The van der Waals surface area contributed by atoms with E-state index in [0.29, 0.717) is 19.0 Å². The number of aryl methyl sites for hydroxylation is 1. The molecule has 0 saturated carbocycles. The summed E-state index contributed by atoms with van der Waals surface area (Å²) in [6, 6.07) is 0.438. The molecule has 1 unspecified atom stereocenters. The minimum atomic E-state index is -0.250. The number of morpholine rings is 1. The predicted octanol–water partition coefficient (Wildman–Crippen LogP) is 1.61. The van der Waals surface area contributed by atoms with Crippen LogP contribution in [0.3, 0.4) is 0 Å². The summed E-state index contributed by atoms with van der Waals surface area (Å²) < 4.78 is 5.36. The summed E-state index contributed by atoms with van der Waals surface area (Å²) in [5.74, 6) is 0.197. The smallest absolute Gasteiger partial charge is 0.290 e. The molecule has 0 aromatic carbocycles. The van der Waals surface area contributed by atoms with Crippen molar-refractivity contribution in [2.24, 2.45) is 0 Å².